The third kappa shape index (κ3) is 2.70. The first kappa shape index (κ1) is 15.0. The van der Waals surface area contributed by atoms with Crippen LogP contribution in [0.15, 0.2) is 69.4 Å². The Morgan fingerprint density at radius 3 is 2.67 bits per heavy atom. The summed E-state index contributed by atoms with van der Waals surface area (Å²) in [5.74, 6) is 0. The summed E-state index contributed by atoms with van der Waals surface area (Å²) in [5, 5.41) is 12.5. The summed E-state index contributed by atoms with van der Waals surface area (Å²) in [6.45, 7) is 0. The molecule has 0 saturated carbocycles. The first-order valence-corrected chi connectivity index (χ1v) is 8.36. The van der Waals surface area contributed by atoms with Crippen molar-refractivity contribution in [3.63, 3.8) is 0 Å². The zero-order valence-electron chi connectivity index (χ0n) is 12.3. The van der Waals surface area contributed by atoms with Crippen LogP contribution in [0.3, 0.4) is 0 Å². The van der Waals surface area contributed by atoms with Gasteiger partial charge in [-0.1, -0.05) is 59.8 Å². The van der Waals surface area contributed by atoms with Crippen molar-refractivity contribution in [1.82, 2.24) is 20.4 Å². The van der Waals surface area contributed by atoms with Gasteiger partial charge in [-0.15, -0.1) is 5.10 Å². The molecule has 0 bridgehead atoms. The third-order valence-electron chi connectivity index (χ3n) is 3.59. The lowest BCUT2D eigenvalue weighted by Gasteiger charge is -2.12. The van der Waals surface area contributed by atoms with E-state index < -0.39 is 0 Å². The highest BCUT2D eigenvalue weighted by Gasteiger charge is 2.17. The van der Waals surface area contributed by atoms with Crippen molar-refractivity contribution in [3.8, 4) is 11.1 Å². The van der Waals surface area contributed by atoms with Crippen molar-refractivity contribution in [2.24, 2.45) is 0 Å². The van der Waals surface area contributed by atoms with Crippen LogP contribution in [0.1, 0.15) is 0 Å². The van der Waals surface area contributed by atoms with Crippen LogP contribution in [0, 0.1) is 0 Å². The number of nitrogens with one attached hydrogen (secondary N) is 2. The van der Waals surface area contributed by atoms with Gasteiger partial charge in [0.15, 0.2) is 0 Å². The van der Waals surface area contributed by atoms with Crippen LogP contribution in [0.2, 0.25) is 5.02 Å². The molecule has 0 unspecified atom stereocenters. The minimum Gasteiger partial charge on any atom is -0.321 e. The lowest BCUT2D eigenvalue weighted by molar-refractivity contribution is 0.911. The zero-order chi connectivity index (χ0) is 16.5. The van der Waals surface area contributed by atoms with Gasteiger partial charge in [0.25, 0.3) is 5.56 Å². The van der Waals surface area contributed by atoms with E-state index in [-0.39, 0.29) is 5.56 Å². The monoisotopic (exact) mass is 354 g/mol. The summed E-state index contributed by atoms with van der Waals surface area (Å²) >= 11 is 7.35. The average molecular weight is 355 g/mol. The highest BCUT2D eigenvalue weighted by atomic mass is 35.5. The fraction of sp³-hybridized carbons (Fsp3) is 0. The fourth-order valence-corrected chi connectivity index (χ4v) is 3.63. The van der Waals surface area contributed by atoms with Crippen molar-refractivity contribution in [3.05, 3.63) is 70.1 Å². The number of benzene rings is 2. The summed E-state index contributed by atoms with van der Waals surface area (Å²) in [6.07, 6.45) is 1.59. The quantitative estimate of drug-likeness (QED) is 0.580. The molecule has 4 rings (SSSR count). The average Bonchev–Trinajstić information content (AvgIpc) is 3.09. The van der Waals surface area contributed by atoms with Crippen molar-refractivity contribution in [2.75, 3.05) is 0 Å². The molecule has 5 nitrogen and oxygen atoms in total. The van der Waals surface area contributed by atoms with Crippen LogP contribution in [-0.4, -0.2) is 20.4 Å². The second-order valence-electron chi connectivity index (χ2n) is 5.12. The van der Waals surface area contributed by atoms with Gasteiger partial charge >= 0.3 is 0 Å². The molecule has 4 aromatic rings. The number of nitrogens with zero attached hydrogens (tertiary/aromatic N) is 2. The number of H-pyrrole nitrogens is 2. The van der Waals surface area contributed by atoms with Gasteiger partial charge in [-0.2, -0.15) is 10.3 Å². The number of aromatic amines is 2. The largest absolute Gasteiger partial charge is 0.321 e. The van der Waals surface area contributed by atoms with Gasteiger partial charge in [0, 0.05) is 16.0 Å². The Labute approximate surface area is 146 Å². The van der Waals surface area contributed by atoms with Gasteiger partial charge in [-0.05, 0) is 17.7 Å². The fourth-order valence-electron chi connectivity index (χ4n) is 2.59. The minimum absolute atomic E-state index is 0.184. The summed E-state index contributed by atoms with van der Waals surface area (Å²) < 4.78 is 0. The van der Waals surface area contributed by atoms with Crippen molar-refractivity contribution in [2.45, 2.75) is 9.92 Å². The Morgan fingerprint density at radius 1 is 1.08 bits per heavy atom. The SMILES string of the molecule is O=c1[nH]c2cc(Cl)ccc2c(-c2ccccc2)c1Sc1cn[nH]n1. The molecule has 0 aliphatic heterocycles. The number of halogens is 1. The number of hydrogen-bond acceptors (Lipinski definition) is 4. The van der Waals surface area contributed by atoms with Crippen molar-refractivity contribution in [1.29, 1.82) is 0 Å². The van der Waals surface area contributed by atoms with E-state index in [2.05, 4.69) is 20.4 Å². The molecule has 2 aromatic heterocycles. The smallest absolute Gasteiger partial charge is 0.263 e. The van der Waals surface area contributed by atoms with Crippen LogP contribution in [0.25, 0.3) is 22.0 Å². The van der Waals surface area contributed by atoms with Gasteiger partial charge in [0.2, 0.25) is 0 Å². The second kappa shape index (κ2) is 6.14. The van der Waals surface area contributed by atoms with E-state index in [0.717, 1.165) is 16.5 Å². The molecule has 2 heterocycles. The standard InChI is InChI=1S/C17H11ClN4OS/c18-11-6-7-12-13(8-11)20-17(23)16(24-14-9-19-22-21-14)15(12)10-4-2-1-3-5-10/h1-9H,(H,20,23)(H,19,21,22). The van der Waals surface area contributed by atoms with E-state index >= 15 is 0 Å². The molecule has 0 radical (unpaired) electrons. The minimum atomic E-state index is -0.184. The van der Waals surface area contributed by atoms with Crippen LogP contribution < -0.4 is 5.56 Å². The summed E-state index contributed by atoms with van der Waals surface area (Å²) in [5.41, 5.74) is 2.34. The summed E-state index contributed by atoms with van der Waals surface area (Å²) in [7, 11) is 0. The Bertz CT molecular complexity index is 1060. The van der Waals surface area contributed by atoms with E-state index in [1.165, 1.54) is 11.8 Å². The first-order valence-electron chi connectivity index (χ1n) is 7.17. The maximum Gasteiger partial charge on any atom is 0.263 e. The molecule has 0 amide bonds. The number of aromatic nitrogens is 4. The molecule has 0 atom stereocenters. The van der Waals surface area contributed by atoms with Crippen molar-refractivity contribution >= 4 is 34.3 Å². The normalized spacial score (nSPS) is 11.0. The Hall–Kier alpha value is -2.57. The van der Waals surface area contributed by atoms with E-state index in [1.807, 2.05) is 42.5 Å². The number of rotatable bonds is 3. The predicted molar refractivity (Wildman–Crippen MR) is 95.5 cm³/mol. The second-order valence-corrected chi connectivity index (χ2v) is 6.59. The van der Waals surface area contributed by atoms with Crippen molar-refractivity contribution < 1.29 is 0 Å². The van der Waals surface area contributed by atoms with Gasteiger partial charge in [-0.25, -0.2) is 0 Å². The lowest BCUT2D eigenvalue weighted by Crippen LogP contribution is -2.10. The van der Waals surface area contributed by atoms with E-state index in [0.29, 0.717) is 20.5 Å². The molecular formula is C17H11ClN4OS. The number of pyridine rings is 1. The van der Waals surface area contributed by atoms with Crippen LogP contribution in [0.4, 0.5) is 0 Å². The molecule has 0 saturated heterocycles. The molecule has 24 heavy (non-hydrogen) atoms. The summed E-state index contributed by atoms with van der Waals surface area (Å²) in [6, 6.07) is 15.3. The van der Waals surface area contributed by atoms with E-state index in [1.54, 1.807) is 12.3 Å². The molecule has 7 heteroatoms. The highest BCUT2D eigenvalue weighted by Crippen LogP contribution is 2.37. The van der Waals surface area contributed by atoms with Gasteiger partial charge < -0.3 is 4.98 Å². The highest BCUT2D eigenvalue weighted by molar-refractivity contribution is 7.99. The molecule has 2 aromatic carbocycles. The molecule has 0 aliphatic carbocycles. The maximum absolute atomic E-state index is 12.7. The van der Waals surface area contributed by atoms with Gasteiger partial charge in [0.1, 0.15) is 5.03 Å². The summed E-state index contributed by atoms with van der Waals surface area (Å²) in [4.78, 5) is 16.2. The number of fused-ring (bicyclic) bond motifs is 1. The first-order chi connectivity index (χ1) is 11.7. The molecule has 118 valence electrons. The Balaban J connectivity index is 2.05. The van der Waals surface area contributed by atoms with E-state index in [9.17, 15) is 4.79 Å². The maximum atomic E-state index is 12.7. The van der Waals surface area contributed by atoms with Crippen LogP contribution >= 0.6 is 23.4 Å². The Morgan fingerprint density at radius 2 is 1.92 bits per heavy atom. The molecule has 0 spiro atoms. The molecular weight excluding hydrogens is 344 g/mol. The Kier molecular flexibility index (Phi) is 3.84. The third-order valence-corrected chi connectivity index (χ3v) is 4.83. The zero-order valence-corrected chi connectivity index (χ0v) is 13.9. The van der Waals surface area contributed by atoms with Gasteiger partial charge in [-0.3, -0.25) is 4.79 Å². The van der Waals surface area contributed by atoms with E-state index in [4.69, 9.17) is 11.6 Å². The van der Waals surface area contributed by atoms with Crippen LogP contribution in [0.5, 0.6) is 0 Å². The molecule has 0 fully saturated rings. The molecule has 0 aliphatic rings. The lowest BCUT2D eigenvalue weighted by atomic mass is 10.0. The molecule has 2 N–H and O–H groups in total. The van der Waals surface area contributed by atoms with Gasteiger partial charge in [0.05, 0.1) is 16.6 Å². The topological polar surface area (TPSA) is 74.4 Å². The predicted octanol–water partition coefficient (Wildman–Crippen LogP) is 4.12. The number of hydrogen-bond donors (Lipinski definition) is 2. The van der Waals surface area contributed by atoms with Crippen LogP contribution in [-0.2, 0) is 0 Å².